The van der Waals surface area contributed by atoms with Crippen LogP contribution < -0.4 is 5.32 Å². The summed E-state index contributed by atoms with van der Waals surface area (Å²) >= 11 is 1.16. The number of thiazole rings is 1. The fourth-order valence-corrected chi connectivity index (χ4v) is 2.66. The molecule has 0 aromatic carbocycles. The third-order valence-corrected chi connectivity index (χ3v) is 3.80. The summed E-state index contributed by atoms with van der Waals surface area (Å²) < 4.78 is 0. The molecule has 1 N–H and O–H groups in total. The number of aromatic nitrogens is 2. The zero-order valence-corrected chi connectivity index (χ0v) is 13.1. The van der Waals surface area contributed by atoms with Gasteiger partial charge in [-0.1, -0.05) is 17.4 Å². The minimum absolute atomic E-state index is 0.126. The normalized spacial score (nSPS) is 10.3. The summed E-state index contributed by atoms with van der Waals surface area (Å²) in [5.41, 5.74) is 1.69. The van der Waals surface area contributed by atoms with E-state index in [1.165, 1.54) is 4.90 Å². The van der Waals surface area contributed by atoms with Crippen molar-refractivity contribution in [3.63, 3.8) is 0 Å². The van der Waals surface area contributed by atoms with E-state index in [4.69, 9.17) is 0 Å². The number of anilines is 1. The lowest BCUT2D eigenvalue weighted by atomic mass is 10.3. The Morgan fingerprint density at radius 2 is 1.90 bits per heavy atom. The lowest BCUT2D eigenvalue weighted by Crippen LogP contribution is -2.21. The van der Waals surface area contributed by atoms with Gasteiger partial charge in [0, 0.05) is 19.8 Å². The Hall–Kier alpha value is -2.28. The monoisotopic (exact) mass is 304 g/mol. The van der Waals surface area contributed by atoms with E-state index in [1.807, 2.05) is 13.0 Å². The summed E-state index contributed by atoms with van der Waals surface area (Å²) in [4.78, 5) is 34.4. The third kappa shape index (κ3) is 3.43. The van der Waals surface area contributed by atoms with Gasteiger partial charge in [-0.3, -0.25) is 14.9 Å². The number of carbonyl (C=O) groups excluding carboxylic acids is 2. The van der Waals surface area contributed by atoms with Gasteiger partial charge >= 0.3 is 0 Å². The molecular formula is C14H16N4O2S. The number of rotatable bonds is 3. The van der Waals surface area contributed by atoms with Crippen LogP contribution in [0.1, 0.15) is 31.5 Å². The average Bonchev–Trinajstić information content (AvgIpc) is 2.78. The number of nitrogens with zero attached hydrogens (tertiary/aromatic N) is 3. The smallest absolute Gasteiger partial charge is 0.276 e. The summed E-state index contributed by atoms with van der Waals surface area (Å²) in [6.45, 7) is 3.56. The predicted octanol–water partition coefficient (Wildman–Crippen LogP) is 2.11. The van der Waals surface area contributed by atoms with E-state index in [1.54, 1.807) is 33.2 Å². The quantitative estimate of drug-likeness (QED) is 0.942. The molecule has 110 valence electrons. The van der Waals surface area contributed by atoms with Crippen LogP contribution >= 0.6 is 11.3 Å². The van der Waals surface area contributed by atoms with E-state index >= 15 is 0 Å². The highest BCUT2D eigenvalue weighted by Gasteiger charge is 2.18. The molecule has 0 spiro atoms. The van der Waals surface area contributed by atoms with Gasteiger partial charge in [-0.2, -0.15) is 0 Å². The first-order valence-electron chi connectivity index (χ1n) is 6.32. The number of hydrogen-bond acceptors (Lipinski definition) is 5. The van der Waals surface area contributed by atoms with Crippen molar-refractivity contribution in [2.24, 2.45) is 0 Å². The largest absolute Gasteiger partial charge is 0.344 e. The van der Waals surface area contributed by atoms with Gasteiger partial charge in [-0.25, -0.2) is 9.97 Å². The maximum Gasteiger partial charge on any atom is 0.276 e. The summed E-state index contributed by atoms with van der Waals surface area (Å²) in [5, 5.41) is 3.07. The molecule has 21 heavy (non-hydrogen) atoms. The van der Waals surface area contributed by atoms with E-state index in [9.17, 15) is 9.59 Å². The van der Waals surface area contributed by atoms with Crippen LogP contribution in [-0.4, -0.2) is 40.8 Å². The first kappa shape index (κ1) is 15.1. The van der Waals surface area contributed by atoms with E-state index in [0.717, 1.165) is 17.0 Å². The Bertz CT molecular complexity index is 694. The minimum Gasteiger partial charge on any atom is -0.344 e. The van der Waals surface area contributed by atoms with Gasteiger partial charge in [-0.05, 0) is 26.0 Å². The number of carbonyl (C=O) groups is 2. The van der Waals surface area contributed by atoms with Crippen molar-refractivity contribution in [2.45, 2.75) is 13.8 Å². The second-order valence-electron chi connectivity index (χ2n) is 4.75. The standard InChI is InChI=1S/C14H16N4O2S/c1-8-6-5-7-10(15-8)12(19)17-14-16-9(2)11(21-14)13(20)18(3)4/h5-7H,1-4H3,(H,16,17,19). The van der Waals surface area contributed by atoms with Crippen LogP contribution in [-0.2, 0) is 0 Å². The Labute approximate surface area is 126 Å². The summed E-state index contributed by atoms with van der Waals surface area (Å²) in [5.74, 6) is -0.463. The Kier molecular flexibility index (Phi) is 4.32. The van der Waals surface area contributed by atoms with E-state index in [2.05, 4.69) is 15.3 Å². The van der Waals surface area contributed by atoms with Gasteiger partial charge in [-0.15, -0.1) is 0 Å². The molecule has 0 saturated carbocycles. The highest BCUT2D eigenvalue weighted by atomic mass is 32.1. The van der Waals surface area contributed by atoms with Crippen molar-refractivity contribution >= 4 is 28.3 Å². The van der Waals surface area contributed by atoms with Crippen molar-refractivity contribution in [1.29, 1.82) is 0 Å². The van der Waals surface area contributed by atoms with Gasteiger partial charge in [0.05, 0.1) is 5.69 Å². The Morgan fingerprint density at radius 1 is 1.19 bits per heavy atom. The van der Waals surface area contributed by atoms with Gasteiger partial charge in [0.2, 0.25) is 0 Å². The maximum absolute atomic E-state index is 12.1. The fraction of sp³-hybridized carbons (Fsp3) is 0.286. The molecule has 0 unspecified atom stereocenters. The molecule has 0 atom stereocenters. The summed E-state index contributed by atoms with van der Waals surface area (Å²) in [6, 6.07) is 5.22. The van der Waals surface area contributed by atoms with Crippen LogP contribution in [0.2, 0.25) is 0 Å². The van der Waals surface area contributed by atoms with Gasteiger partial charge < -0.3 is 4.90 Å². The van der Waals surface area contributed by atoms with E-state index in [0.29, 0.717) is 21.4 Å². The first-order chi connectivity index (χ1) is 9.88. The van der Waals surface area contributed by atoms with Crippen molar-refractivity contribution in [3.8, 4) is 0 Å². The van der Waals surface area contributed by atoms with Gasteiger partial charge in [0.1, 0.15) is 10.6 Å². The Balaban J connectivity index is 2.19. The topological polar surface area (TPSA) is 75.2 Å². The molecule has 0 saturated heterocycles. The van der Waals surface area contributed by atoms with Crippen molar-refractivity contribution in [1.82, 2.24) is 14.9 Å². The molecule has 0 aliphatic carbocycles. The van der Waals surface area contributed by atoms with Crippen molar-refractivity contribution in [2.75, 3.05) is 19.4 Å². The number of hydrogen-bond donors (Lipinski definition) is 1. The summed E-state index contributed by atoms with van der Waals surface area (Å²) in [6.07, 6.45) is 0. The number of aryl methyl sites for hydroxylation is 2. The molecule has 0 aliphatic rings. The molecule has 2 heterocycles. The molecule has 2 amide bonds. The molecule has 0 radical (unpaired) electrons. The second-order valence-corrected chi connectivity index (χ2v) is 5.75. The van der Waals surface area contributed by atoms with E-state index < -0.39 is 0 Å². The lowest BCUT2D eigenvalue weighted by molar-refractivity contribution is 0.0831. The van der Waals surface area contributed by atoms with Crippen molar-refractivity contribution < 1.29 is 9.59 Å². The number of amides is 2. The van der Waals surface area contributed by atoms with E-state index in [-0.39, 0.29) is 11.8 Å². The van der Waals surface area contributed by atoms with Crippen LogP contribution in [0.3, 0.4) is 0 Å². The molecule has 0 aliphatic heterocycles. The lowest BCUT2D eigenvalue weighted by Gasteiger charge is -2.07. The highest BCUT2D eigenvalue weighted by molar-refractivity contribution is 7.17. The molecule has 6 nitrogen and oxygen atoms in total. The molecule has 7 heteroatoms. The molecule has 2 aromatic heterocycles. The predicted molar refractivity (Wildman–Crippen MR) is 81.8 cm³/mol. The highest BCUT2D eigenvalue weighted by Crippen LogP contribution is 2.23. The number of pyridine rings is 1. The zero-order chi connectivity index (χ0) is 15.6. The molecular weight excluding hydrogens is 288 g/mol. The third-order valence-electron chi connectivity index (χ3n) is 2.74. The van der Waals surface area contributed by atoms with Gasteiger partial charge in [0.25, 0.3) is 11.8 Å². The molecule has 2 aromatic rings. The molecule has 0 fully saturated rings. The number of nitrogens with one attached hydrogen (secondary N) is 1. The molecule has 2 rings (SSSR count). The summed E-state index contributed by atoms with van der Waals surface area (Å²) in [7, 11) is 3.35. The SMILES string of the molecule is Cc1cccc(C(=O)Nc2nc(C)c(C(=O)N(C)C)s2)n1. The Morgan fingerprint density at radius 3 is 2.52 bits per heavy atom. The van der Waals surface area contributed by atoms with Crippen molar-refractivity contribution in [3.05, 3.63) is 40.2 Å². The average molecular weight is 304 g/mol. The van der Waals surface area contributed by atoms with Crippen LogP contribution in [0.4, 0.5) is 5.13 Å². The van der Waals surface area contributed by atoms with Gasteiger partial charge in [0.15, 0.2) is 5.13 Å². The minimum atomic E-state index is -0.337. The van der Waals surface area contributed by atoms with Crippen LogP contribution in [0.5, 0.6) is 0 Å². The van der Waals surface area contributed by atoms with Crippen LogP contribution in [0.15, 0.2) is 18.2 Å². The first-order valence-corrected chi connectivity index (χ1v) is 7.14. The van der Waals surface area contributed by atoms with Crippen LogP contribution in [0.25, 0.3) is 0 Å². The second kappa shape index (κ2) is 6.01. The molecule has 0 bridgehead atoms. The maximum atomic E-state index is 12.1. The fourth-order valence-electron chi connectivity index (χ4n) is 1.68. The van der Waals surface area contributed by atoms with Crippen LogP contribution in [0, 0.1) is 13.8 Å². The zero-order valence-electron chi connectivity index (χ0n) is 12.3.